The Hall–Kier alpha value is -2.01. The molecular weight excluding hydrogens is 292 g/mol. The highest BCUT2D eigenvalue weighted by molar-refractivity contribution is 6.32. The van der Waals surface area contributed by atoms with Gasteiger partial charge in [0, 0.05) is 12.2 Å². The first-order valence-corrected chi connectivity index (χ1v) is 7.09. The van der Waals surface area contributed by atoms with E-state index in [1.807, 2.05) is 16.9 Å². The van der Waals surface area contributed by atoms with Crippen molar-refractivity contribution >= 4 is 17.6 Å². The van der Waals surface area contributed by atoms with Crippen LogP contribution >= 0.6 is 11.6 Å². The summed E-state index contributed by atoms with van der Waals surface area (Å²) in [5, 5.41) is 13.8. The number of hydrogen-bond donors (Lipinski definition) is 1. The number of para-hydroxylation sites is 1. The van der Waals surface area contributed by atoms with Gasteiger partial charge in [0.25, 0.3) is 0 Å². The average molecular weight is 309 g/mol. The highest BCUT2D eigenvalue weighted by Gasteiger charge is 2.15. The summed E-state index contributed by atoms with van der Waals surface area (Å²) in [6.07, 6.45) is 2.87. The van der Waals surface area contributed by atoms with Crippen molar-refractivity contribution in [2.75, 3.05) is 0 Å². The third kappa shape index (κ3) is 3.55. The van der Waals surface area contributed by atoms with E-state index in [9.17, 15) is 4.79 Å². The van der Waals surface area contributed by atoms with Gasteiger partial charge < -0.3 is 9.84 Å². The topological polar surface area (TPSA) is 64.3 Å². The van der Waals surface area contributed by atoms with Gasteiger partial charge in [-0.05, 0) is 31.5 Å². The highest BCUT2D eigenvalue weighted by Crippen LogP contribution is 2.29. The van der Waals surface area contributed by atoms with E-state index in [0.29, 0.717) is 6.04 Å². The molecule has 0 bridgehead atoms. The van der Waals surface area contributed by atoms with Crippen LogP contribution in [0, 0.1) is 0 Å². The second kappa shape index (κ2) is 6.63. The molecule has 1 aromatic heterocycles. The normalized spacial score (nSPS) is 12.1. The zero-order valence-corrected chi connectivity index (χ0v) is 12.7. The summed E-state index contributed by atoms with van der Waals surface area (Å²) in [6.45, 7) is 4.34. The zero-order valence-electron chi connectivity index (χ0n) is 11.9. The van der Waals surface area contributed by atoms with Crippen LogP contribution in [0.1, 0.15) is 42.4 Å². The summed E-state index contributed by atoms with van der Waals surface area (Å²) in [5.41, 5.74) is 0.774. The van der Waals surface area contributed by atoms with E-state index in [0.717, 1.165) is 12.1 Å². The molecule has 1 aromatic carbocycles. The van der Waals surface area contributed by atoms with Crippen LogP contribution in [0.3, 0.4) is 0 Å². The Balaban J connectivity index is 2.13. The highest BCUT2D eigenvalue weighted by atomic mass is 35.5. The van der Waals surface area contributed by atoms with Crippen molar-refractivity contribution in [3.8, 4) is 5.75 Å². The van der Waals surface area contributed by atoms with Gasteiger partial charge in [0.1, 0.15) is 12.2 Å². The van der Waals surface area contributed by atoms with Crippen LogP contribution in [0.25, 0.3) is 0 Å². The molecule has 0 saturated carbocycles. The maximum absolute atomic E-state index is 11.2. The molecule has 2 rings (SSSR count). The molecule has 1 heterocycles. The van der Waals surface area contributed by atoms with Gasteiger partial charge in [0.2, 0.25) is 0 Å². The molecule has 0 spiro atoms. The van der Waals surface area contributed by atoms with Crippen LogP contribution in [-0.2, 0) is 6.61 Å². The number of ether oxygens (including phenoxy) is 1. The number of rotatable bonds is 6. The SMILES string of the molecule is CCC(C)n1ccc(COc2c(Cl)cccc2C(=O)O)n1. The summed E-state index contributed by atoms with van der Waals surface area (Å²) >= 11 is 6.00. The molecule has 1 N–H and O–H groups in total. The lowest BCUT2D eigenvalue weighted by Gasteiger charge is -2.10. The summed E-state index contributed by atoms with van der Waals surface area (Å²) in [5.74, 6) is -0.901. The van der Waals surface area contributed by atoms with Gasteiger partial charge in [-0.1, -0.05) is 24.6 Å². The standard InChI is InChI=1S/C15H17ClN2O3/c1-3-10(2)18-8-7-11(17-18)9-21-14-12(15(19)20)5-4-6-13(14)16/h4-8,10H,3,9H2,1-2H3,(H,19,20). The lowest BCUT2D eigenvalue weighted by Crippen LogP contribution is -2.07. The van der Waals surface area contributed by atoms with Gasteiger partial charge in [-0.15, -0.1) is 0 Å². The van der Waals surface area contributed by atoms with Gasteiger partial charge in [0.15, 0.2) is 5.75 Å². The quantitative estimate of drug-likeness (QED) is 0.882. The molecule has 0 aliphatic carbocycles. The molecule has 0 amide bonds. The van der Waals surface area contributed by atoms with Crippen LogP contribution < -0.4 is 4.74 Å². The fourth-order valence-corrected chi connectivity index (χ4v) is 2.09. The van der Waals surface area contributed by atoms with Crippen molar-refractivity contribution in [3.63, 3.8) is 0 Å². The van der Waals surface area contributed by atoms with Gasteiger partial charge in [-0.25, -0.2) is 4.79 Å². The molecule has 2 aromatic rings. The number of benzene rings is 1. The predicted octanol–water partition coefficient (Wildman–Crippen LogP) is 3.78. The number of carbonyl (C=O) groups is 1. The fourth-order valence-electron chi connectivity index (χ4n) is 1.86. The van der Waals surface area contributed by atoms with Crippen molar-refractivity contribution in [1.82, 2.24) is 9.78 Å². The Morgan fingerprint density at radius 2 is 2.24 bits per heavy atom. The third-order valence-corrected chi connectivity index (χ3v) is 3.57. The van der Waals surface area contributed by atoms with E-state index in [-0.39, 0.29) is 22.9 Å². The van der Waals surface area contributed by atoms with E-state index in [4.69, 9.17) is 21.4 Å². The number of nitrogens with zero attached hydrogens (tertiary/aromatic N) is 2. The molecule has 0 saturated heterocycles. The summed E-state index contributed by atoms with van der Waals surface area (Å²) < 4.78 is 7.42. The molecular formula is C15H17ClN2O3. The lowest BCUT2D eigenvalue weighted by molar-refractivity contribution is 0.0691. The van der Waals surface area contributed by atoms with Crippen molar-refractivity contribution in [1.29, 1.82) is 0 Å². The van der Waals surface area contributed by atoms with E-state index in [2.05, 4.69) is 18.9 Å². The zero-order chi connectivity index (χ0) is 15.4. The Morgan fingerprint density at radius 3 is 2.90 bits per heavy atom. The second-order valence-corrected chi connectivity index (χ2v) is 5.16. The Labute approximate surface area is 128 Å². The molecule has 0 aliphatic heterocycles. The molecule has 5 nitrogen and oxygen atoms in total. The summed E-state index contributed by atoms with van der Waals surface area (Å²) in [4.78, 5) is 11.2. The first kappa shape index (κ1) is 15.4. The maximum atomic E-state index is 11.2. The van der Waals surface area contributed by atoms with Crippen LogP contribution in [0.5, 0.6) is 5.75 Å². The smallest absolute Gasteiger partial charge is 0.339 e. The van der Waals surface area contributed by atoms with Crippen molar-refractivity contribution in [2.45, 2.75) is 32.9 Å². The van der Waals surface area contributed by atoms with E-state index in [1.165, 1.54) is 6.07 Å². The minimum Gasteiger partial charge on any atom is -0.485 e. The van der Waals surface area contributed by atoms with Crippen LogP contribution in [0.2, 0.25) is 5.02 Å². The predicted molar refractivity (Wildman–Crippen MR) is 80.0 cm³/mol. The van der Waals surface area contributed by atoms with Crippen LogP contribution in [0.15, 0.2) is 30.5 Å². The number of aromatic carboxylic acids is 1. The van der Waals surface area contributed by atoms with Gasteiger partial charge >= 0.3 is 5.97 Å². The number of halogens is 1. The third-order valence-electron chi connectivity index (χ3n) is 3.27. The van der Waals surface area contributed by atoms with E-state index < -0.39 is 5.97 Å². The van der Waals surface area contributed by atoms with Crippen molar-refractivity contribution in [2.24, 2.45) is 0 Å². The van der Waals surface area contributed by atoms with Gasteiger partial charge in [-0.3, -0.25) is 4.68 Å². The Bertz CT molecular complexity index is 640. The number of aromatic nitrogens is 2. The van der Waals surface area contributed by atoms with E-state index in [1.54, 1.807) is 12.1 Å². The number of carboxylic acid groups (broad SMARTS) is 1. The molecule has 0 fully saturated rings. The fraction of sp³-hybridized carbons (Fsp3) is 0.333. The summed E-state index contributed by atoms with van der Waals surface area (Å²) in [6, 6.07) is 6.80. The molecule has 21 heavy (non-hydrogen) atoms. The van der Waals surface area contributed by atoms with E-state index >= 15 is 0 Å². The minimum atomic E-state index is -1.07. The summed E-state index contributed by atoms with van der Waals surface area (Å²) in [7, 11) is 0. The first-order chi connectivity index (χ1) is 10.0. The van der Waals surface area contributed by atoms with Crippen molar-refractivity contribution < 1.29 is 14.6 Å². The van der Waals surface area contributed by atoms with Crippen molar-refractivity contribution in [3.05, 3.63) is 46.7 Å². The molecule has 0 radical (unpaired) electrons. The van der Waals surface area contributed by atoms with Crippen LogP contribution in [-0.4, -0.2) is 20.9 Å². The molecule has 112 valence electrons. The molecule has 0 aliphatic rings. The second-order valence-electron chi connectivity index (χ2n) is 4.75. The van der Waals surface area contributed by atoms with Gasteiger partial charge in [-0.2, -0.15) is 5.10 Å². The van der Waals surface area contributed by atoms with Gasteiger partial charge in [0.05, 0.1) is 10.7 Å². The molecule has 6 heteroatoms. The Kier molecular flexibility index (Phi) is 4.85. The average Bonchev–Trinajstić information content (AvgIpc) is 2.93. The lowest BCUT2D eigenvalue weighted by atomic mass is 10.2. The number of carboxylic acids is 1. The maximum Gasteiger partial charge on any atom is 0.339 e. The Morgan fingerprint density at radius 1 is 1.48 bits per heavy atom. The molecule has 1 unspecified atom stereocenters. The molecule has 1 atom stereocenters. The number of hydrogen-bond acceptors (Lipinski definition) is 3. The monoisotopic (exact) mass is 308 g/mol. The largest absolute Gasteiger partial charge is 0.485 e. The van der Waals surface area contributed by atoms with Crippen LogP contribution in [0.4, 0.5) is 0 Å². The first-order valence-electron chi connectivity index (χ1n) is 6.71. The minimum absolute atomic E-state index is 0.0452.